The third-order valence-corrected chi connectivity index (χ3v) is 3.35. The number of rotatable bonds is 4. The number of aliphatic carboxylic acids is 1. The number of anilines is 1. The van der Waals surface area contributed by atoms with Gasteiger partial charge in [-0.2, -0.15) is 0 Å². The number of aryl methyl sites for hydroxylation is 1. The minimum absolute atomic E-state index is 0.161. The van der Waals surface area contributed by atoms with E-state index in [2.05, 4.69) is 5.32 Å². The van der Waals surface area contributed by atoms with E-state index < -0.39 is 11.4 Å². The molecule has 1 fully saturated rings. The molecule has 0 saturated heterocycles. The number of carbonyl (C=O) groups excluding carboxylic acids is 1. The van der Waals surface area contributed by atoms with Crippen LogP contribution in [0.5, 0.6) is 0 Å². The number of nitrogens with one attached hydrogen (secondary N) is 1. The van der Waals surface area contributed by atoms with E-state index in [1.165, 1.54) is 0 Å². The van der Waals surface area contributed by atoms with Gasteiger partial charge in [-0.25, -0.2) is 0 Å². The van der Waals surface area contributed by atoms with Crippen LogP contribution in [-0.2, 0) is 4.79 Å². The van der Waals surface area contributed by atoms with Crippen molar-refractivity contribution in [2.24, 2.45) is 5.41 Å². The van der Waals surface area contributed by atoms with Crippen LogP contribution in [0.15, 0.2) is 18.2 Å². The molecule has 96 valence electrons. The highest BCUT2D eigenvalue weighted by atomic mass is 16.4. The number of carbonyl (C=O) groups is 2. The highest BCUT2D eigenvalue weighted by Crippen LogP contribution is 2.45. The highest BCUT2D eigenvalue weighted by Gasteiger charge is 2.50. The van der Waals surface area contributed by atoms with Gasteiger partial charge in [0.05, 0.1) is 11.0 Å². The van der Waals surface area contributed by atoms with E-state index in [1.54, 1.807) is 12.1 Å². The van der Waals surface area contributed by atoms with Gasteiger partial charge in [0.25, 0.3) is 5.91 Å². The first-order valence-electron chi connectivity index (χ1n) is 5.82. The van der Waals surface area contributed by atoms with Gasteiger partial charge < -0.3 is 16.2 Å². The molecule has 1 aliphatic rings. The number of carboxylic acids is 1. The molecule has 1 aromatic carbocycles. The van der Waals surface area contributed by atoms with Crippen LogP contribution in [0.1, 0.15) is 28.8 Å². The Hall–Kier alpha value is -2.04. The third kappa shape index (κ3) is 2.30. The van der Waals surface area contributed by atoms with Crippen LogP contribution < -0.4 is 11.1 Å². The van der Waals surface area contributed by atoms with E-state index in [0.717, 1.165) is 5.56 Å². The van der Waals surface area contributed by atoms with Gasteiger partial charge in [-0.1, -0.05) is 11.6 Å². The van der Waals surface area contributed by atoms with Crippen molar-refractivity contribution in [1.82, 2.24) is 5.32 Å². The Balaban J connectivity index is 2.04. The van der Waals surface area contributed by atoms with Gasteiger partial charge in [0.1, 0.15) is 0 Å². The van der Waals surface area contributed by atoms with Gasteiger partial charge in [0.15, 0.2) is 0 Å². The molecule has 1 amide bonds. The van der Waals surface area contributed by atoms with Gasteiger partial charge in [-0.05, 0) is 31.9 Å². The Morgan fingerprint density at radius 2 is 2.11 bits per heavy atom. The number of benzene rings is 1. The number of nitrogens with two attached hydrogens (primary N) is 1. The minimum atomic E-state index is -0.847. The molecule has 0 aromatic heterocycles. The Kier molecular flexibility index (Phi) is 2.98. The first kappa shape index (κ1) is 12.4. The summed E-state index contributed by atoms with van der Waals surface area (Å²) in [4.78, 5) is 22.9. The quantitative estimate of drug-likeness (QED) is 0.697. The Morgan fingerprint density at radius 1 is 1.44 bits per heavy atom. The van der Waals surface area contributed by atoms with E-state index in [1.807, 2.05) is 13.0 Å². The standard InChI is InChI=1S/C13H16N2O3/c1-8-2-3-10(14)9(6-8)11(16)15-7-13(4-5-13)12(17)18/h2-3,6H,4-5,7,14H2,1H3,(H,15,16)(H,17,18). The summed E-state index contributed by atoms with van der Waals surface area (Å²) in [5.41, 5.74) is 6.71. The van der Waals surface area contributed by atoms with E-state index in [9.17, 15) is 9.59 Å². The maximum absolute atomic E-state index is 11.9. The molecule has 0 unspecified atom stereocenters. The minimum Gasteiger partial charge on any atom is -0.481 e. The molecule has 2 rings (SSSR count). The second-order valence-corrected chi connectivity index (χ2v) is 4.86. The molecular formula is C13H16N2O3. The van der Waals surface area contributed by atoms with Crippen LogP contribution in [0.25, 0.3) is 0 Å². The fraction of sp³-hybridized carbons (Fsp3) is 0.385. The summed E-state index contributed by atoms with van der Waals surface area (Å²) < 4.78 is 0. The predicted molar refractivity (Wildman–Crippen MR) is 67.2 cm³/mol. The molecule has 0 aliphatic heterocycles. The van der Waals surface area contributed by atoms with Crippen molar-refractivity contribution in [3.8, 4) is 0 Å². The van der Waals surface area contributed by atoms with Crippen molar-refractivity contribution < 1.29 is 14.7 Å². The number of carboxylic acid groups (broad SMARTS) is 1. The van der Waals surface area contributed by atoms with E-state index in [-0.39, 0.29) is 12.5 Å². The van der Waals surface area contributed by atoms with Crippen LogP contribution in [0.3, 0.4) is 0 Å². The average molecular weight is 248 g/mol. The molecule has 0 bridgehead atoms. The van der Waals surface area contributed by atoms with Crippen molar-refractivity contribution in [3.63, 3.8) is 0 Å². The van der Waals surface area contributed by atoms with Gasteiger partial charge in [0.2, 0.25) is 0 Å². The fourth-order valence-corrected chi connectivity index (χ4v) is 1.83. The van der Waals surface area contributed by atoms with Crippen LogP contribution in [0.2, 0.25) is 0 Å². The van der Waals surface area contributed by atoms with Crippen molar-refractivity contribution in [1.29, 1.82) is 0 Å². The molecule has 1 aliphatic carbocycles. The topological polar surface area (TPSA) is 92.4 Å². The zero-order chi connectivity index (χ0) is 13.3. The summed E-state index contributed by atoms with van der Waals surface area (Å²) in [5.74, 6) is -1.16. The Bertz CT molecular complexity index is 507. The summed E-state index contributed by atoms with van der Waals surface area (Å²) >= 11 is 0. The first-order chi connectivity index (χ1) is 8.44. The van der Waals surface area contributed by atoms with E-state index in [0.29, 0.717) is 24.1 Å². The number of amides is 1. The van der Waals surface area contributed by atoms with E-state index >= 15 is 0 Å². The molecule has 0 radical (unpaired) electrons. The van der Waals surface area contributed by atoms with Gasteiger partial charge in [-0.15, -0.1) is 0 Å². The second kappa shape index (κ2) is 4.33. The molecule has 1 saturated carbocycles. The van der Waals surface area contributed by atoms with E-state index in [4.69, 9.17) is 10.8 Å². The van der Waals surface area contributed by atoms with Crippen molar-refractivity contribution in [2.75, 3.05) is 12.3 Å². The lowest BCUT2D eigenvalue weighted by Gasteiger charge is -2.12. The molecule has 1 aromatic rings. The lowest BCUT2D eigenvalue weighted by molar-refractivity contribution is -0.143. The SMILES string of the molecule is Cc1ccc(N)c(C(=O)NCC2(C(=O)O)CC2)c1. The zero-order valence-corrected chi connectivity index (χ0v) is 10.2. The zero-order valence-electron chi connectivity index (χ0n) is 10.2. The number of hydrogen-bond acceptors (Lipinski definition) is 3. The van der Waals surface area contributed by atoms with Crippen LogP contribution in [-0.4, -0.2) is 23.5 Å². The Morgan fingerprint density at radius 3 is 2.67 bits per heavy atom. The molecule has 0 heterocycles. The summed E-state index contributed by atoms with van der Waals surface area (Å²) in [7, 11) is 0. The maximum atomic E-state index is 11.9. The lowest BCUT2D eigenvalue weighted by Crippen LogP contribution is -2.34. The van der Waals surface area contributed by atoms with Crippen molar-refractivity contribution in [3.05, 3.63) is 29.3 Å². The van der Waals surface area contributed by atoms with Crippen molar-refractivity contribution >= 4 is 17.6 Å². The average Bonchev–Trinajstić information content (AvgIpc) is 3.10. The largest absolute Gasteiger partial charge is 0.481 e. The molecule has 0 atom stereocenters. The second-order valence-electron chi connectivity index (χ2n) is 4.86. The Labute approximate surface area is 105 Å². The molecule has 0 spiro atoms. The normalized spacial score (nSPS) is 16.1. The summed E-state index contributed by atoms with van der Waals surface area (Å²) in [6, 6.07) is 5.20. The lowest BCUT2D eigenvalue weighted by atomic mass is 10.1. The first-order valence-corrected chi connectivity index (χ1v) is 5.82. The van der Waals surface area contributed by atoms with Gasteiger partial charge >= 0.3 is 5.97 Å². The highest BCUT2D eigenvalue weighted by molar-refractivity contribution is 5.99. The van der Waals surface area contributed by atoms with Gasteiger partial charge in [0, 0.05) is 12.2 Å². The molecule has 18 heavy (non-hydrogen) atoms. The maximum Gasteiger partial charge on any atom is 0.311 e. The fourth-order valence-electron chi connectivity index (χ4n) is 1.83. The number of nitrogen functional groups attached to an aromatic ring is 1. The molecule has 5 nitrogen and oxygen atoms in total. The summed E-state index contributed by atoms with van der Waals surface area (Å²) in [5, 5.41) is 11.7. The smallest absolute Gasteiger partial charge is 0.311 e. The molecular weight excluding hydrogens is 232 g/mol. The monoisotopic (exact) mass is 248 g/mol. The summed E-state index contributed by atoms with van der Waals surface area (Å²) in [6.45, 7) is 2.03. The van der Waals surface area contributed by atoms with Crippen LogP contribution in [0, 0.1) is 12.3 Å². The van der Waals surface area contributed by atoms with Crippen LogP contribution >= 0.6 is 0 Å². The third-order valence-electron chi connectivity index (χ3n) is 3.35. The number of hydrogen-bond donors (Lipinski definition) is 3. The van der Waals surface area contributed by atoms with Gasteiger partial charge in [-0.3, -0.25) is 9.59 Å². The predicted octanol–water partition coefficient (Wildman–Crippen LogP) is 1.17. The molecule has 5 heteroatoms. The summed E-state index contributed by atoms with van der Waals surface area (Å²) in [6.07, 6.45) is 1.23. The van der Waals surface area contributed by atoms with Crippen LogP contribution in [0.4, 0.5) is 5.69 Å². The van der Waals surface area contributed by atoms with Crippen molar-refractivity contribution in [2.45, 2.75) is 19.8 Å². The molecule has 4 N–H and O–H groups in total.